The predicted octanol–water partition coefficient (Wildman–Crippen LogP) is 1.23. The minimum atomic E-state index is -3.64. The van der Waals surface area contributed by atoms with Gasteiger partial charge in [-0.2, -0.15) is 4.31 Å². The van der Waals surface area contributed by atoms with Crippen molar-refractivity contribution >= 4 is 10.0 Å². The van der Waals surface area contributed by atoms with Crippen LogP contribution in [0.2, 0.25) is 0 Å². The zero-order chi connectivity index (χ0) is 16.0. The Balaban J connectivity index is 3.14. The van der Waals surface area contributed by atoms with Crippen LogP contribution in [0.25, 0.3) is 0 Å². The summed E-state index contributed by atoms with van der Waals surface area (Å²) in [7, 11) is -0.605. The van der Waals surface area contributed by atoms with Crippen molar-refractivity contribution in [1.82, 2.24) is 4.31 Å². The molecule has 0 saturated carbocycles. The Morgan fingerprint density at radius 2 is 2.05 bits per heavy atom. The van der Waals surface area contributed by atoms with E-state index in [0.29, 0.717) is 24.5 Å². The largest absolute Gasteiger partial charge is 0.494 e. The highest BCUT2D eigenvalue weighted by Gasteiger charge is 2.26. The predicted molar refractivity (Wildman–Crippen MR) is 79.8 cm³/mol. The van der Waals surface area contributed by atoms with Crippen LogP contribution >= 0.6 is 0 Å². The maximum Gasteiger partial charge on any atom is 0.243 e. The highest BCUT2D eigenvalue weighted by molar-refractivity contribution is 7.89. The summed E-state index contributed by atoms with van der Waals surface area (Å²) in [6.45, 7) is 4.06. The third kappa shape index (κ3) is 4.16. The maximum absolute atomic E-state index is 12.5. The number of benzene rings is 1. The molecule has 1 unspecified atom stereocenters. The van der Waals surface area contributed by atoms with Crippen LogP contribution in [-0.2, 0) is 21.4 Å². The van der Waals surface area contributed by atoms with E-state index in [1.54, 1.807) is 13.0 Å². The number of likely N-dealkylation sites (N-methyl/N-ethyl adjacent to an activating group) is 1. The number of nitrogens with zero attached hydrogens (tertiary/aromatic N) is 1. The average molecular weight is 317 g/mol. The molecule has 1 atom stereocenters. The number of sulfonamides is 1. The minimum Gasteiger partial charge on any atom is -0.494 e. The molecule has 1 rings (SSSR count). The Bertz CT molecular complexity index is 558. The van der Waals surface area contributed by atoms with Crippen molar-refractivity contribution in [2.24, 2.45) is 0 Å². The van der Waals surface area contributed by atoms with Gasteiger partial charge >= 0.3 is 0 Å². The minimum absolute atomic E-state index is 0.125. The molecule has 7 heteroatoms. The fourth-order valence-corrected chi connectivity index (χ4v) is 3.28. The molecule has 21 heavy (non-hydrogen) atoms. The molecule has 6 nitrogen and oxygen atoms in total. The number of aliphatic hydroxyl groups is 1. The van der Waals surface area contributed by atoms with E-state index in [2.05, 4.69) is 0 Å². The monoisotopic (exact) mass is 317 g/mol. The van der Waals surface area contributed by atoms with Gasteiger partial charge in [0.05, 0.1) is 24.7 Å². The normalized spacial score (nSPS) is 13.4. The molecule has 0 aliphatic carbocycles. The molecule has 0 spiro atoms. The van der Waals surface area contributed by atoms with Crippen molar-refractivity contribution in [2.75, 3.05) is 27.4 Å². The van der Waals surface area contributed by atoms with Gasteiger partial charge in [-0.05, 0) is 32.0 Å². The first-order valence-corrected chi connectivity index (χ1v) is 8.16. The van der Waals surface area contributed by atoms with Crippen LogP contribution in [0.15, 0.2) is 23.1 Å². The Labute approximate surface area is 126 Å². The number of hydrogen-bond acceptors (Lipinski definition) is 5. The molecule has 1 aromatic carbocycles. The van der Waals surface area contributed by atoms with Crippen LogP contribution in [0.4, 0.5) is 0 Å². The summed E-state index contributed by atoms with van der Waals surface area (Å²) in [5.41, 5.74) is 0.450. The van der Waals surface area contributed by atoms with E-state index in [0.717, 1.165) is 0 Å². The van der Waals surface area contributed by atoms with Gasteiger partial charge in [0.25, 0.3) is 0 Å². The van der Waals surface area contributed by atoms with Crippen LogP contribution in [-0.4, -0.2) is 51.2 Å². The number of rotatable bonds is 8. The van der Waals surface area contributed by atoms with Crippen LogP contribution in [0.5, 0.6) is 5.75 Å². The highest BCUT2D eigenvalue weighted by Crippen LogP contribution is 2.25. The summed E-state index contributed by atoms with van der Waals surface area (Å²) in [5, 5.41) is 9.36. The Kier molecular flexibility index (Phi) is 6.60. The fraction of sp³-hybridized carbons (Fsp3) is 0.571. The lowest BCUT2D eigenvalue weighted by molar-refractivity contribution is 0.149. The first-order chi connectivity index (χ1) is 9.88. The van der Waals surface area contributed by atoms with Crippen molar-refractivity contribution in [3.05, 3.63) is 23.8 Å². The van der Waals surface area contributed by atoms with Crippen molar-refractivity contribution in [3.63, 3.8) is 0 Å². The van der Waals surface area contributed by atoms with Gasteiger partial charge in [0, 0.05) is 25.8 Å². The topological polar surface area (TPSA) is 76.1 Å². The van der Waals surface area contributed by atoms with Gasteiger partial charge < -0.3 is 14.6 Å². The molecule has 1 N–H and O–H groups in total. The Hall–Kier alpha value is -1.15. The summed E-state index contributed by atoms with van der Waals surface area (Å²) in [6.07, 6.45) is 0. The zero-order valence-electron chi connectivity index (χ0n) is 12.9. The van der Waals surface area contributed by atoms with E-state index in [9.17, 15) is 13.5 Å². The molecule has 0 bridgehead atoms. The number of hydrogen-bond donors (Lipinski definition) is 1. The molecule has 0 saturated heterocycles. The molecule has 0 aliphatic heterocycles. The van der Waals surface area contributed by atoms with Gasteiger partial charge in [0.15, 0.2) is 0 Å². The first kappa shape index (κ1) is 17.9. The Morgan fingerprint density at radius 3 is 2.57 bits per heavy atom. The SMILES string of the molecule is CCOc1ccc(S(=O)(=O)N(C)C(C)COC)cc1CO. The van der Waals surface area contributed by atoms with Crippen molar-refractivity contribution in [2.45, 2.75) is 31.4 Å². The summed E-state index contributed by atoms with van der Waals surface area (Å²) >= 11 is 0. The number of methoxy groups -OCH3 is 1. The lowest BCUT2D eigenvalue weighted by Gasteiger charge is -2.24. The molecule has 0 radical (unpaired) electrons. The molecule has 0 aromatic heterocycles. The van der Waals surface area contributed by atoms with E-state index in [-0.39, 0.29) is 17.5 Å². The summed E-state index contributed by atoms with van der Waals surface area (Å²) in [5.74, 6) is 0.492. The molecule has 0 amide bonds. The zero-order valence-corrected chi connectivity index (χ0v) is 13.7. The highest BCUT2D eigenvalue weighted by atomic mass is 32.2. The van der Waals surface area contributed by atoms with Gasteiger partial charge in [-0.1, -0.05) is 0 Å². The van der Waals surface area contributed by atoms with Crippen molar-refractivity contribution < 1.29 is 23.0 Å². The third-order valence-electron chi connectivity index (χ3n) is 3.21. The first-order valence-electron chi connectivity index (χ1n) is 6.72. The molecular weight excluding hydrogens is 294 g/mol. The molecule has 0 heterocycles. The number of ether oxygens (including phenoxy) is 2. The smallest absolute Gasteiger partial charge is 0.243 e. The van der Waals surface area contributed by atoms with Gasteiger partial charge in [-0.15, -0.1) is 0 Å². The quantitative estimate of drug-likeness (QED) is 0.780. The van der Waals surface area contributed by atoms with Gasteiger partial charge in [0.1, 0.15) is 5.75 Å². The molecule has 120 valence electrons. The van der Waals surface area contributed by atoms with Crippen molar-refractivity contribution in [3.8, 4) is 5.75 Å². The Morgan fingerprint density at radius 1 is 1.38 bits per heavy atom. The molecule has 1 aromatic rings. The maximum atomic E-state index is 12.5. The van der Waals surface area contributed by atoms with E-state index >= 15 is 0 Å². The number of aliphatic hydroxyl groups excluding tert-OH is 1. The van der Waals surface area contributed by atoms with E-state index in [1.165, 1.54) is 30.6 Å². The fourth-order valence-electron chi connectivity index (χ4n) is 1.89. The summed E-state index contributed by atoms with van der Waals surface area (Å²) in [6, 6.07) is 4.20. The molecule has 0 fully saturated rings. The van der Waals surface area contributed by atoms with Crippen molar-refractivity contribution in [1.29, 1.82) is 0 Å². The van der Waals surface area contributed by atoms with Crippen LogP contribution in [0.3, 0.4) is 0 Å². The lowest BCUT2D eigenvalue weighted by Crippen LogP contribution is -2.37. The van der Waals surface area contributed by atoms with E-state index in [4.69, 9.17) is 9.47 Å². The average Bonchev–Trinajstić information content (AvgIpc) is 2.47. The summed E-state index contributed by atoms with van der Waals surface area (Å²) in [4.78, 5) is 0.125. The van der Waals surface area contributed by atoms with E-state index in [1.807, 2.05) is 6.92 Å². The van der Waals surface area contributed by atoms with Gasteiger partial charge in [-0.3, -0.25) is 0 Å². The molecule has 0 aliphatic rings. The van der Waals surface area contributed by atoms with Crippen LogP contribution < -0.4 is 4.74 Å². The second kappa shape index (κ2) is 7.74. The lowest BCUT2D eigenvalue weighted by atomic mass is 10.2. The molecular formula is C14H23NO5S. The second-order valence-corrected chi connectivity index (χ2v) is 6.68. The standard InChI is InChI=1S/C14H23NO5S/c1-5-20-14-7-6-13(8-12(14)9-16)21(17,18)15(3)11(2)10-19-4/h6-8,11,16H,5,9-10H2,1-4H3. The van der Waals surface area contributed by atoms with Crippen LogP contribution in [0, 0.1) is 0 Å². The third-order valence-corrected chi connectivity index (χ3v) is 5.18. The van der Waals surface area contributed by atoms with Crippen LogP contribution in [0.1, 0.15) is 19.4 Å². The summed E-state index contributed by atoms with van der Waals surface area (Å²) < 4.78 is 36.7. The van der Waals surface area contributed by atoms with E-state index < -0.39 is 10.0 Å². The second-order valence-electron chi connectivity index (χ2n) is 4.69. The van der Waals surface area contributed by atoms with Gasteiger partial charge in [-0.25, -0.2) is 8.42 Å². The van der Waals surface area contributed by atoms with Gasteiger partial charge in [0.2, 0.25) is 10.0 Å².